The van der Waals surface area contributed by atoms with Crippen molar-refractivity contribution in [3.63, 3.8) is 0 Å². The lowest BCUT2D eigenvalue weighted by molar-refractivity contribution is 0.412. The molecule has 0 saturated carbocycles. The van der Waals surface area contributed by atoms with E-state index in [1.165, 1.54) is 0 Å². The molecule has 0 aliphatic rings. The van der Waals surface area contributed by atoms with Crippen LogP contribution in [0.5, 0.6) is 0 Å². The summed E-state index contributed by atoms with van der Waals surface area (Å²) in [6.45, 7) is 7.13. The van der Waals surface area contributed by atoms with Crippen molar-refractivity contribution in [1.82, 2.24) is 14.9 Å². The van der Waals surface area contributed by atoms with Gasteiger partial charge in [0.05, 0.1) is 0 Å². The fourth-order valence-electron chi connectivity index (χ4n) is 1.65. The van der Waals surface area contributed by atoms with Gasteiger partial charge in [-0.05, 0) is 39.0 Å². The van der Waals surface area contributed by atoms with Gasteiger partial charge >= 0.3 is 0 Å². The fourth-order valence-corrected chi connectivity index (χ4v) is 1.78. The molecule has 0 aromatic carbocycles. The molecule has 17 heavy (non-hydrogen) atoms. The first-order chi connectivity index (χ1) is 8.04. The second-order valence-electron chi connectivity index (χ2n) is 4.44. The molecule has 0 spiro atoms. The molecule has 0 radical (unpaired) electrons. The molecule has 4 nitrogen and oxygen atoms in total. The summed E-state index contributed by atoms with van der Waals surface area (Å²) < 4.78 is 0. The van der Waals surface area contributed by atoms with E-state index < -0.39 is 0 Å². The molecule has 0 fully saturated rings. The average Bonchev–Trinajstić information content (AvgIpc) is 2.27. The molecular weight excluding hydrogens is 236 g/mol. The highest BCUT2D eigenvalue weighted by molar-refractivity contribution is 6.28. The Hall–Kier alpha value is -0.870. The molecule has 0 N–H and O–H groups in total. The van der Waals surface area contributed by atoms with E-state index in [1.54, 1.807) is 6.20 Å². The summed E-state index contributed by atoms with van der Waals surface area (Å²) in [6, 6.07) is 0. The van der Waals surface area contributed by atoms with E-state index in [9.17, 15) is 0 Å². The van der Waals surface area contributed by atoms with Crippen molar-refractivity contribution >= 4 is 17.4 Å². The second-order valence-corrected chi connectivity index (χ2v) is 4.77. The number of nitrogens with zero attached hydrogens (tertiary/aromatic N) is 4. The molecule has 0 aliphatic carbocycles. The van der Waals surface area contributed by atoms with E-state index in [4.69, 9.17) is 11.6 Å². The number of hydrogen-bond acceptors (Lipinski definition) is 4. The molecule has 96 valence electrons. The third-order valence-electron chi connectivity index (χ3n) is 2.53. The zero-order valence-corrected chi connectivity index (χ0v) is 11.8. The van der Waals surface area contributed by atoms with Gasteiger partial charge in [-0.3, -0.25) is 0 Å². The summed E-state index contributed by atoms with van der Waals surface area (Å²) in [5.41, 5.74) is 1.07. The van der Waals surface area contributed by atoms with E-state index >= 15 is 0 Å². The molecule has 1 heterocycles. The Morgan fingerprint density at radius 2 is 1.94 bits per heavy atom. The zero-order valence-electron chi connectivity index (χ0n) is 11.1. The second kappa shape index (κ2) is 6.77. The van der Waals surface area contributed by atoms with Crippen LogP contribution < -0.4 is 4.90 Å². The molecule has 0 saturated heterocycles. The highest BCUT2D eigenvalue weighted by Crippen LogP contribution is 2.18. The van der Waals surface area contributed by atoms with E-state index in [1.807, 2.05) is 6.92 Å². The number of rotatable bonds is 6. The quantitative estimate of drug-likeness (QED) is 0.731. The Balaban J connectivity index is 2.84. The molecule has 0 unspecified atom stereocenters. The molecule has 0 atom stereocenters. The van der Waals surface area contributed by atoms with Crippen LogP contribution in [0.1, 0.15) is 18.9 Å². The Morgan fingerprint density at radius 1 is 1.24 bits per heavy atom. The van der Waals surface area contributed by atoms with Gasteiger partial charge in [-0.1, -0.05) is 6.92 Å². The van der Waals surface area contributed by atoms with E-state index in [2.05, 4.69) is 40.8 Å². The molecule has 1 rings (SSSR count). The van der Waals surface area contributed by atoms with Crippen LogP contribution in [0.3, 0.4) is 0 Å². The van der Waals surface area contributed by atoms with Gasteiger partial charge in [-0.25, -0.2) is 9.97 Å². The summed E-state index contributed by atoms with van der Waals surface area (Å²) in [5, 5.41) is 0.316. The third-order valence-corrected chi connectivity index (χ3v) is 2.71. The van der Waals surface area contributed by atoms with Gasteiger partial charge in [0.2, 0.25) is 5.28 Å². The average molecular weight is 257 g/mol. The standard InChI is InChI=1S/C12H21ClN4/c1-5-6-17(8-7-16(3)4)11-10(2)9-14-12(13)15-11/h9H,5-8H2,1-4H3. The maximum Gasteiger partial charge on any atom is 0.224 e. The highest BCUT2D eigenvalue weighted by Gasteiger charge is 2.11. The summed E-state index contributed by atoms with van der Waals surface area (Å²) in [7, 11) is 4.15. The van der Waals surface area contributed by atoms with Crippen LogP contribution in [0.4, 0.5) is 5.82 Å². The van der Waals surface area contributed by atoms with E-state index in [0.717, 1.165) is 37.4 Å². The van der Waals surface area contributed by atoms with Crippen LogP contribution >= 0.6 is 11.6 Å². The van der Waals surface area contributed by atoms with Gasteiger partial charge < -0.3 is 9.80 Å². The van der Waals surface area contributed by atoms with E-state index in [0.29, 0.717) is 5.28 Å². The summed E-state index contributed by atoms with van der Waals surface area (Å²) >= 11 is 5.86. The Bertz CT molecular complexity index is 354. The number of aromatic nitrogens is 2. The number of anilines is 1. The van der Waals surface area contributed by atoms with Gasteiger partial charge in [0.15, 0.2) is 0 Å². The van der Waals surface area contributed by atoms with Crippen LogP contribution in [0.15, 0.2) is 6.20 Å². The number of hydrogen-bond donors (Lipinski definition) is 0. The maximum absolute atomic E-state index is 5.86. The Labute approximate surface area is 109 Å². The number of aryl methyl sites for hydroxylation is 1. The molecule has 0 amide bonds. The first-order valence-electron chi connectivity index (χ1n) is 5.93. The minimum atomic E-state index is 0.316. The van der Waals surface area contributed by atoms with Crippen LogP contribution in [0.2, 0.25) is 5.28 Å². The lowest BCUT2D eigenvalue weighted by Crippen LogP contribution is -2.33. The van der Waals surface area contributed by atoms with Crippen LogP contribution in [0.25, 0.3) is 0 Å². The maximum atomic E-state index is 5.86. The van der Waals surface area contributed by atoms with Crippen LogP contribution in [0, 0.1) is 6.92 Å². The van der Waals surface area contributed by atoms with Gasteiger partial charge in [0.25, 0.3) is 0 Å². The molecule has 5 heteroatoms. The van der Waals surface area contributed by atoms with Crippen molar-refractivity contribution in [2.75, 3.05) is 38.6 Å². The van der Waals surface area contributed by atoms with E-state index in [-0.39, 0.29) is 0 Å². The number of likely N-dealkylation sites (N-methyl/N-ethyl adjacent to an activating group) is 1. The zero-order chi connectivity index (χ0) is 12.8. The monoisotopic (exact) mass is 256 g/mol. The van der Waals surface area contributed by atoms with Crippen LogP contribution in [-0.2, 0) is 0 Å². The molecule has 0 bridgehead atoms. The fraction of sp³-hybridized carbons (Fsp3) is 0.667. The van der Waals surface area contributed by atoms with Crippen molar-refractivity contribution in [1.29, 1.82) is 0 Å². The Morgan fingerprint density at radius 3 is 2.53 bits per heavy atom. The molecular formula is C12H21ClN4. The van der Waals surface area contributed by atoms with Crippen molar-refractivity contribution in [3.05, 3.63) is 17.0 Å². The first kappa shape index (κ1) is 14.2. The predicted molar refractivity (Wildman–Crippen MR) is 72.8 cm³/mol. The van der Waals surface area contributed by atoms with Gasteiger partial charge in [0.1, 0.15) is 5.82 Å². The van der Waals surface area contributed by atoms with Crippen molar-refractivity contribution in [2.45, 2.75) is 20.3 Å². The molecule has 1 aromatic heterocycles. The van der Waals surface area contributed by atoms with Gasteiger partial charge in [-0.2, -0.15) is 0 Å². The smallest absolute Gasteiger partial charge is 0.224 e. The lowest BCUT2D eigenvalue weighted by atomic mass is 10.3. The Kier molecular flexibility index (Phi) is 5.65. The molecule has 1 aromatic rings. The summed E-state index contributed by atoms with van der Waals surface area (Å²) in [6.07, 6.45) is 2.87. The van der Waals surface area contributed by atoms with Crippen molar-refractivity contribution in [3.8, 4) is 0 Å². The number of halogens is 1. The van der Waals surface area contributed by atoms with Gasteiger partial charge in [-0.15, -0.1) is 0 Å². The summed E-state index contributed by atoms with van der Waals surface area (Å²) in [4.78, 5) is 12.8. The van der Waals surface area contributed by atoms with Crippen molar-refractivity contribution < 1.29 is 0 Å². The van der Waals surface area contributed by atoms with Gasteiger partial charge in [0, 0.05) is 31.4 Å². The first-order valence-corrected chi connectivity index (χ1v) is 6.31. The predicted octanol–water partition coefficient (Wildman–Crippen LogP) is 2.22. The molecule has 0 aliphatic heterocycles. The van der Waals surface area contributed by atoms with Crippen molar-refractivity contribution in [2.24, 2.45) is 0 Å². The third kappa shape index (κ3) is 4.48. The minimum Gasteiger partial charge on any atom is -0.355 e. The largest absolute Gasteiger partial charge is 0.355 e. The summed E-state index contributed by atoms with van der Waals surface area (Å²) in [5.74, 6) is 0.953. The van der Waals surface area contributed by atoms with Crippen LogP contribution in [-0.4, -0.2) is 48.6 Å². The minimum absolute atomic E-state index is 0.316. The normalized spacial score (nSPS) is 10.9. The SMILES string of the molecule is CCCN(CCN(C)C)c1nc(Cl)ncc1C. The lowest BCUT2D eigenvalue weighted by Gasteiger charge is -2.26. The topological polar surface area (TPSA) is 32.3 Å². The highest BCUT2D eigenvalue weighted by atomic mass is 35.5.